The Morgan fingerprint density at radius 3 is 2.70 bits per heavy atom. The van der Waals surface area contributed by atoms with Crippen LogP contribution in [0.1, 0.15) is 18.1 Å². The molecule has 2 rings (SSSR count). The van der Waals surface area contributed by atoms with Gasteiger partial charge in [-0.05, 0) is 24.1 Å². The van der Waals surface area contributed by atoms with Crippen LogP contribution in [0.5, 0.6) is 5.75 Å². The molecular weight excluding hydrogens is 296 g/mol. The summed E-state index contributed by atoms with van der Waals surface area (Å²) in [4.78, 5) is 15.2. The first-order valence-electron chi connectivity index (χ1n) is 7.30. The summed E-state index contributed by atoms with van der Waals surface area (Å²) in [5, 5.41) is 14.5. The molecule has 0 radical (unpaired) electrons. The first-order chi connectivity index (χ1) is 11.2. The van der Waals surface area contributed by atoms with Gasteiger partial charge in [-0.25, -0.2) is 0 Å². The summed E-state index contributed by atoms with van der Waals surface area (Å²) in [5.74, 6) is 0.500. The second kappa shape index (κ2) is 8.53. The minimum Gasteiger partial charge on any atom is -0.493 e. The van der Waals surface area contributed by atoms with Gasteiger partial charge >= 0.3 is 0 Å². The lowest BCUT2D eigenvalue weighted by Gasteiger charge is -2.06. The topological polar surface area (TPSA) is 74.0 Å². The molecule has 0 fully saturated rings. The van der Waals surface area contributed by atoms with Crippen LogP contribution in [0.25, 0.3) is 0 Å². The van der Waals surface area contributed by atoms with Gasteiger partial charge < -0.3 is 9.57 Å². The van der Waals surface area contributed by atoms with Gasteiger partial charge in [0, 0.05) is 12.5 Å². The Balaban J connectivity index is 1.84. The van der Waals surface area contributed by atoms with E-state index in [0.29, 0.717) is 25.4 Å². The summed E-state index contributed by atoms with van der Waals surface area (Å²) < 4.78 is 5.56. The lowest BCUT2D eigenvalue weighted by molar-refractivity contribution is -0.384. The van der Waals surface area contributed by atoms with Crippen LogP contribution >= 0.6 is 0 Å². The Morgan fingerprint density at radius 1 is 1.22 bits per heavy atom. The van der Waals surface area contributed by atoms with E-state index in [1.54, 1.807) is 18.3 Å². The van der Waals surface area contributed by atoms with Crippen LogP contribution < -0.4 is 4.74 Å². The molecule has 6 nitrogen and oxygen atoms in total. The van der Waals surface area contributed by atoms with Gasteiger partial charge in [0.1, 0.15) is 12.4 Å². The zero-order chi connectivity index (χ0) is 16.5. The Morgan fingerprint density at radius 2 is 2.00 bits per heavy atom. The standard InChI is InChI=1S/C17H18N2O4/c1-2-23-18-13-15-8-6-14(7-9-15)10-11-22-17-5-3-4-16(12-17)19(20)21/h3-9,12-13H,2,10-11H2,1H3. The third-order valence-electron chi connectivity index (χ3n) is 3.07. The van der Waals surface area contributed by atoms with Crippen LogP contribution in [0.2, 0.25) is 0 Å². The van der Waals surface area contributed by atoms with Gasteiger partial charge in [-0.15, -0.1) is 0 Å². The van der Waals surface area contributed by atoms with Gasteiger partial charge in [0.05, 0.1) is 23.8 Å². The molecular formula is C17H18N2O4. The summed E-state index contributed by atoms with van der Waals surface area (Å²) in [6.07, 6.45) is 2.37. The maximum atomic E-state index is 10.7. The maximum Gasteiger partial charge on any atom is 0.273 e. The zero-order valence-corrected chi connectivity index (χ0v) is 12.8. The second-order valence-electron chi connectivity index (χ2n) is 4.75. The lowest BCUT2D eigenvalue weighted by atomic mass is 10.1. The number of oxime groups is 1. The van der Waals surface area contributed by atoms with E-state index in [4.69, 9.17) is 9.57 Å². The van der Waals surface area contributed by atoms with Crippen molar-refractivity contribution in [3.8, 4) is 5.75 Å². The van der Waals surface area contributed by atoms with Gasteiger partial charge in [0.15, 0.2) is 0 Å². The fourth-order valence-corrected chi connectivity index (χ4v) is 1.92. The highest BCUT2D eigenvalue weighted by molar-refractivity contribution is 5.79. The lowest BCUT2D eigenvalue weighted by Crippen LogP contribution is -2.01. The van der Waals surface area contributed by atoms with E-state index in [-0.39, 0.29) is 5.69 Å². The van der Waals surface area contributed by atoms with Crippen molar-refractivity contribution in [1.82, 2.24) is 0 Å². The average molecular weight is 314 g/mol. The van der Waals surface area contributed by atoms with Gasteiger partial charge in [-0.3, -0.25) is 10.1 Å². The van der Waals surface area contributed by atoms with E-state index in [9.17, 15) is 10.1 Å². The smallest absolute Gasteiger partial charge is 0.273 e. The summed E-state index contributed by atoms with van der Waals surface area (Å²) in [5.41, 5.74) is 2.10. The molecule has 120 valence electrons. The summed E-state index contributed by atoms with van der Waals surface area (Å²) in [6, 6.07) is 14.1. The Kier molecular flexibility index (Phi) is 6.11. The predicted molar refractivity (Wildman–Crippen MR) is 88.0 cm³/mol. The fourth-order valence-electron chi connectivity index (χ4n) is 1.92. The monoisotopic (exact) mass is 314 g/mol. The van der Waals surface area contributed by atoms with Crippen molar-refractivity contribution in [1.29, 1.82) is 0 Å². The largest absolute Gasteiger partial charge is 0.493 e. The number of rotatable bonds is 8. The van der Waals surface area contributed by atoms with E-state index in [0.717, 1.165) is 11.1 Å². The number of hydrogen-bond acceptors (Lipinski definition) is 5. The second-order valence-corrected chi connectivity index (χ2v) is 4.75. The molecule has 0 atom stereocenters. The molecule has 0 aliphatic carbocycles. The number of hydrogen-bond donors (Lipinski definition) is 0. The third kappa shape index (κ3) is 5.43. The van der Waals surface area contributed by atoms with Crippen LogP contribution in [0.4, 0.5) is 5.69 Å². The highest BCUT2D eigenvalue weighted by Crippen LogP contribution is 2.19. The Hall–Kier alpha value is -2.89. The zero-order valence-electron chi connectivity index (χ0n) is 12.8. The number of benzene rings is 2. The van der Waals surface area contributed by atoms with Crippen molar-refractivity contribution in [2.45, 2.75) is 13.3 Å². The van der Waals surface area contributed by atoms with E-state index in [1.807, 2.05) is 31.2 Å². The number of non-ortho nitro benzene ring substituents is 1. The average Bonchev–Trinajstić information content (AvgIpc) is 2.57. The molecule has 2 aromatic rings. The van der Waals surface area contributed by atoms with Crippen LogP contribution in [-0.4, -0.2) is 24.4 Å². The Bertz CT molecular complexity index is 669. The summed E-state index contributed by atoms with van der Waals surface area (Å²) in [7, 11) is 0. The van der Waals surface area contributed by atoms with Crippen molar-refractivity contribution in [2.24, 2.45) is 5.16 Å². The molecule has 0 unspecified atom stereocenters. The maximum absolute atomic E-state index is 10.7. The minimum absolute atomic E-state index is 0.0282. The van der Waals surface area contributed by atoms with Crippen molar-refractivity contribution >= 4 is 11.9 Å². The summed E-state index contributed by atoms with van der Waals surface area (Å²) in [6.45, 7) is 2.87. The number of ether oxygens (including phenoxy) is 1. The third-order valence-corrected chi connectivity index (χ3v) is 3.07. The van der Waals surface area contributed by atoms with Crippen LogP contribution in [0.15, 0.2) is 53.7 Å². The molecule has 0 saturated carbocycles. The summed E-state index contributed by atoms with van der Waals surface area (Å²) >= 11 is 0. The minimum atomic E-state index is -0.435. The molecule has 0 amide bonds. The molecule has 6 heteroatoms. The van der Waals surface area contributed by atoms with Gasteiger partial charge in [-0.1, -0.05) is 35.5 Å². The molecule has 2 aromatic carbocycles. The first kappa shape index (κ1) is 16.5. The van der Waals surface area contributed by atoms with Crippen molar-refractivity contribution in [3.63, 3.8) is 0 Å². The van der Waals surface area contributed by atoms with Crippen LogP contribution in [0.3, 0.4) is 0 Å². The first-order valence-corrected chi connectivity index (χ1v) is 7.30. The van der Waals surface area contributed by atoms with Gasteiger partial charge in [0.25, 0.3) is 5.69 Å². The molecule has 0 saturated heterocycles. The highest BCUT2D eigenvalue weighted by atomic mass is 16.6. The SMILES string of the molecule is CCON=Cc1ccc(CCOc2cccc([N+](=O)[O-])c2)cc1. The van der Waals surface area contributed by atoms with E-state index in [1.165, 1.54) is 12.1 Å². The molecule has 0 aromatic heterocycles. The molecule has 0 aliphatic rings. The Labute approximate surface area is 134 Å². The highest BCUT2D eigenvalue weighted by Gasteiger charge is 2.06. The van der Waals surface area contributed by atoms with Crippen LogP contribution in [-0.2, 0) is 11.3 Å². The molecule has 0 bridgehead atoms. The van der Waals surface area contributed by atoms with Gasteiger partial charge in [0.2, 0.25) is 0 Å². The normalized spacial score (nSPS) is 10.7. The quantitative estimate of drug-likeness (QED) is 0.424. The number of nitro benzene ring substituents is 1. The molecule has 0 aliphatic heterocycles. The molecule has 0 spiro atoms. The number of nitro groups is 1. The van der Waals surface area contributed by atoms with Crippen molar-refractivity contribution in [3.05, 3.63) is 69.8 Å². The van der Waals surface area contributed by atoms with Crippen molar-refractivity contribution in [2.75, 3.05) is 13.2 Å². The van der Waals surface area contributed by atoms with E-state index in [2.05, 4.69) is 5.16 Å². The molecule has 23 heavy (non-hydrogen) atoms. The molecule has 0 heterocycles. The molecule has 0 N–H and O–H groups in total. The van der Waals surface area contributed by atoms with Crippen LogP contribution in [0, 0.1) is 10.1 Å². The van der Waals surface area contributed by atoms with Gasteiger partial charge in [-0.2, -0.15) is 0 Å². The predicted octanol–water partition coefficient (Wildman–Crippen LogP) is 3.59. The number of nitrogens with zero attached hydrogens (tertiary/aromatic N) is 2. The van der Waals surface area contributed by atoms with E-state index < -0.39 is 4.92 Å². The van der Waals surface area contributed by atoms with E-state index >= 15 is 0 Å². The van der Waals surface area contributed by atoms with Crippen molar-refractivity contribution < 1.29 is 14.5 Å². The fraction of sp³-hybridized carbons (Fsp3) is 0.235.